The summed E-state index contributed by atoms with van der Waals surface area (Å²) in [6.45, 7) is 0. The Morgan fingerprint density at radius 3 is 2.41 bits per heavy atom. The molecule has 3 aromatic rings. The maximum absolute atomic E-state index is 12.9. The molecule has 2 aromatic carbocycles. The number of halogens is 1. The van der Waals surface area contributed by atoms with Crippen molar-refractivity contribution in [1.29, 1.82) is 0 Å². The van der Waals surface area contributed by atoms with E-state index in [0.717, 1.165) is 5.56 Å². The van der Waals surface area contributed by atoms with Crippen LogP contribution in [0.4, 0.5) is 5.69 Å². The van der Waals surface area contributed by atoms with Crippen LogP contribution >= 0.6 is 23.4 Å². The van der Waals surface area contributed by atoms with Crippen molar-refractivity contribution < 1.29 is 14.3 Å². The average molecular weight is 429 g/mol. The third-order valence-electron chi connectivity index (χ3n) is 4.62. The molecule has 1 unspecified atom stereocenters. The summed E-state index contributed by atoms with van der Waals surface area (Å²) in [5.41, 5.74) is 1.40. The van der Waals surface area contributed by atoms with Crippen molar-refractivity contribution in [3.8, 4) is 17.1 Å². The summed E-state index contributed by atoms with van der Waals surface area (Å²) < 4.78 is 6.93. The molecule has 0 saturated carbocycles. The first-order chi connectivity index (χ1) is 14.0. The number of imide groups is 1. The predicted molar refractivity (Wildman–Crippen MR) is 111 cm³/mol. The Kier molecular flexibility index (Phi) is 5.29. The second-order valence-electron chi connectivity index (χ2n) is 6.45. The van der Waals surface area contributed by atoms with E-state index in [0.29, 0.717) is 27.4 Å². The maximum atomic E-state index is 12.9. The van der Waals surface area contributed by atoms with E-state index in [1.54, 1.807) is 43.5 Å². The SMILES string of the molecule is COc1ccc(N2C(=O)CC(Sc3nnc(-c4ccc(Cl)cc4)n3C)C2=O)cc1. The maximum Gasteiger partial charge on any atom is 0.247 e. The normalized spacial score (nSPS) is 16.5. The van der Waals surface area contributed by atoms with Gasteiger partial charge in [-0.2, -0.15) is 0 Å². The molecule has 1 saturated heterocycles. The molecule has 0 bridgehead atoms. The number of aromatic nitrogens is 3. The van der Waals surface area contributed by atoms with E-state index in [1.165, 1.54) is 16.7 Å². The molecule has 1 aliphatic heterocycles. The monoisotopic (exact) mass is 428 g/mol. The molecule has 0 N–H and O–H groups in total. The van der Waals surface area contributed by atoms with Gasteiger partial charge in [0.15, 0.2) is 11.0 Å². The van der Waals surface area contributed by atoms with Crippen molar-refractivity contribution >= 4 is 40.9 Å². The van der Waals surface area contributed by atoms with E-state index in [1.807, 2.05) is 23.7 Å². The lowest BCUT2D eigenvalue weighted by Gasteiger charge is -2.15. The fraction of sp³-hybridized carbons (Fsp3) is 0.200. The second-order valence-corrected chi connectivity index (χ2v) is 8.05. The zero-order chi connectivity index (χ0) is 20.5. The van der Waals surface area contributed by atoms with E-state index in [9.17, 15) is 9.59 Å². The summed E-state index contributed by atoms with van der Waals surface area (Å²) in [6, 6.07) is 14.1. The van der Waals surface area contributed by atoms with Gasteiger partial charge in [0.25, 0.3) is 0 Å². The molecule has 1 atom stereocenters. The number of amides is 2. The highest BCUT2D eigenvalue weighted by Crippen LogP contribution is 2.34. The molecule has 0 spiro atoms. The first-order valence-electron chi connectivity index (χ1n) is 8.81. The van der Waals surface area contributed by atoms with E-state index in [2.05, 4.69) is 10.2 Å². The van der Waals surface area contributed by atoms with E-state index >= 15 is 0 Å². The first kappa shape index (κ1) is 19.5. The minimum absolute atomic E-state index is 0.110. The molecule has 1 aliphatic rings. The fourth-order valence-corrected chi connectivity index (χ4v) is 4.24. The molecule has 2 heterocycles. The predicted octanol–water partition coefficient (Wildman–Crippen LogP) is 3.57. The van der Waals surface area contributed by atoms with Crippen molar-refractivity contribution in [3.05, 3.63) is 53.6 Å². The van der Waals surface area contributed by atoms with Gasteiger partial charge in [-0.1, -0.05) is 23.4 Å². The highest BCUT2D eigenvalue weighted by Gasteiger charge is 2.41. The highest BCUT2D eigenvalue weighted by molar-refractivity contribution is 8.00. The lowest BCUT2D eigenvalue weighted by atomic mass is 10.2. The number of hydrogen-bond donors (Lipinski definition) is 0. The lowest BCUT2D eigenvalue weighted by molar-refractivity contribution is -0.121. The van der Waals surface area contributed by atoms with Crippen LogP contribution in [0.5, 0.6) is 5.75 Å². The van der Waals surface area contributed by atoms with Crippen LogP contribution in [0.15, 0.2) is 53.7 Å². The molecule has 9 heteroatoms. The van der Waals surface area contributed by atoms with Gasteiger partial charge in [0.2, 0.25) is 11.8 Å². The number of methoxy groups -OCH3 is 1. The Bertz CT molecular complexity index is 1070. The van der Waals surface area contributed by atoms with Crippen LogP contribution in [0.25, 0.3) is 11.4 Å². The summed E-state index contributed by atoms with van der Waals surface area (Å²) in [6.07, 6.45) is 0.110. The standard InChI is InChI=1S/C20H17ClN4O3S/c1-24-18(12-3-5-13(21)6-4-12)22-23-20(24)29-16-11-17(26)25(19(16)27)14-7-9-15(28-2)10-8-14/h3-10,16H,11H2,1-2H3. The number of carbonyl (C=O) groups excluding carboxylic acids is 2. The molecule has 0 radical (unpaired) electrons. The number of benzene rings is 2. The van der Waals surface area contributed by atoms with Crippen LogP contribution in [0.2, 0.25) is 5.02 Å². The van der Waals surface area contributed by atoms with Crippen molar-refractivity contribution in [2.24, 2.45) is 7.05 Å². The number of ether oxygens (including phenoxy) is 1. The van der Waals surface area contributed by atoms with Gasteiger partial charge in [-0.25, -0.2) is 4.90 Å². The van der Waals surface area contributed by atoms with Crippen LogP contribution < -0.4 is 9.64 Å². The number of hydrogen-bond acceptors (Lipinski definition) is 6. The van der Waals surface area contributed by atoms with E-state index in [-0.39, 0.29) is 18.2 Å². The number of anilines is 1. The third kappa shape index (κ3) is 3.73. The summed E-state index contributed by atoms with van der Waals surface area (Å²) in [5.74, 6) is 0.819. The number of carbonyl (C=O) groups is 2. The molecule has 0 aliphatic carbocycles. The van der Waals surface area contributed by atoms with Gasteiger partial charge >= 0.3 is 0 Å². The Balaban J connectivity index is 1.54. The van der Waals surface area contributed by atoms with Gasteiger partial charge in [0, 0.05) is 24.1 Å². The Morgan fingerprint density at radius 1 is 1.07 bits per heavy atom. The number of rotatable bonds is 5. The van der Waals surface area contributed by atoms with Gasteiger partial charge in [-0.15, -0.1) is 10.2 Å². The summed E-state index contributed by atoms with van der Waals surface area (Å²) in [5, 5.41) is 9.08. The molecule has 148 valence electrons. The quantitative estimate of drug-likeness (QED) is 0.578. The van der Waals surface area contributed by atoms with Crippen LogP contribution in [0.1, 0.15) is 6.42 Å². The third-order valence-corrected chi connectivity index (χ3v) is 6.09. The number of nitrogens with zero attached hydrogens (tertiary/aromatic N) is 4. The summed E-state index contributed by atoms with van der Waals surface area (Å²) in [7, 11) is 3.39. The van der Waals surface area contributed by atoms with Gasteiger partial charge < -0.3 is 9.30 Å². The molecular weight excluding hydrogens is 412 g/mol. The molecule has 7 nitrogen and oxygen atoms in total. The van der Waals surface area contributed by atoms with Crippen molar-refractivity contribution in [3.63, 3.8) is 0 Å². The van der Waals surface area contributed by atoms with Crippen LogP contribution in [-0.2, 0) is 16.6 Å². The average Bonchev–Trinajstić information content (AvgIpc) is 3.22. The van der Waals surface area contributed by atoms with Gasteiger partial charge in [0.05, 0.1) is 12.8 Å². The van der Waals surface area contributed by atoms with Crippen LogP contribution in [0.3, 0.4) is 0 Å². The molecule has 29 heavy (non-hydrogen) atoms. The topological polar surface area (TPSA) is 77.3 Å². The Labute approximate surface area is 176 Å². The second kappa shape index (κ2) is 7.88. The van der Waals surface area contributed by atoms with Crippen molar-refractivity contribution in [2.45, 2.75) is 16.8 Å². The van der Waals surface area contributed by atoms with E-state index < -0.39 is 5.25 Å². The van der Waals surface area contributed by atoms with Crippen LogP contribution in [0, 0.1) is 0 Å². The molecule has 1 aromatic heterocycles. The minimum Gasteiger partial charge on any atom is -0.497 e. The van der Waals surface area contributed by atoms with E-state index in [4.69, 9.17) is 16.3 Å². The lowest BCUT2D eigenvalue weighted by Crippen LogP contribution is -2.31. The fourth-order valence-electron chi connectivity index (χ4n) is 3.09. The molecule has 1 fully saturated rings. The Morgan fingerprint density at radius 2 is 1.76 bits per heavy atom. The van der Waals surface area contributed by atoms with Crippen molar-refractivity contribution in [1.82, 2.24) is 14.8 Å². The smallest absolute Gasteiger partial charge is 0.247 e. The van der Waals surface area contributed by atoms with Gasteiger partial charge in [-0.05, 0) is 48.5 Å². The number of thioether (sulfide) groups is 1. The van der Waals surface area contributed by atoms with Crippen LogP contribution in [-0.4, -0.2) is 38.9 Å². The zero-order valence-electron chi connectivity index (χ0n) is 15.7. The molecule has 2 amide bonds. The first-order valence-corrected chi connectivity index (χ1v) is 10.1. The summed E-state index contributed by atoms with van der Waals surface area (Å²) >= 11 is 7.18. The van der Waals surface area contributed by atoms with Crippen molar-refractivity contribution in [2.75, 3.05) is 12.0 Å². The summed E-state index contributed by atoms with van der Waals surface area (Å²) in [4.78, 5) is 26.6. The van der Waals surface area contributed by atoms with Gasteiger partial charge in [-0.3, -0.25) is 9.59 Å². The zero-order valence-corrected chi connectivity index (χ0v) is 17.3. The molecule has 4 rings (SSSR count). The molecular formula is C20H17ClN4O3S. The van der Waals surface area contributed by atoms with Gasteiger partial charge in [0.1, 0.15) is 11.0 Å². The Hall–Kier alpha value is -2.84. The largest absolute Gasteiger partial charge is 0.497 e. The highest BCUT2D eigenvalue weighted by atomic mass is 35.5. The minimum atomic E-state index is -0.550.